The highest BCUT2D eigenvalue weighted by Crippen LogP contribution is 2.35. The first kappa shape index (κ1) is 10.5. The van der Waals surface area contributed by atoms with E-state index in [4.69, 9.17) is 14.2 Å². The van der Waals surface area contributed by atoms with Gasteiger partial charge in [-0.25, -0.2) is 0 Å². The quantitative estimate of drug-likeness (QED) is 0.577. The molecule has 2 rings (SSSR count). The monoisotopic (exact) mass is 220 g/mol. The molecule has 16 heavy (non-hydrogen) atoms. The molecule has 0 saturated carbocycles. The zero-order valence-electron chi connectivity index (χ0n) is 8.93. The lowest BCUT2D eigenvalue weighted by Gasteiger charge is -2.02. The second-order valence-electron chi connectivity index (χ2n) is 3.34. The van der Waals surface area contributed by atoms with E-state index in [0.717, 1.165) is 17.1 Å². The van der Waals surface area contributed by atoms with Crippen molar-refractivity contribution >= 4 is 5.97 Å². The second kappa shape index (κ2) is 4.70. The van der Waals surface area contributed by atoms with Crippen molar-refractivity contribution in [2.45, 2.75) is 13.3 Å². The fraction of sp³-hybridized carbons (Fsp3) is 0.250. The number of benzene rings is 1. The number of rotatable bonds is 3. The number of allylic oxidation sites excluding steroid dienone is 1. The third-order valence-electron chi connectivity index (χ3n) is 2.15. The zero-order valence-corrected chi connectivity index (χ0v) is 8.93. The van der Waals surface area contributed by atoms with Crippen molar-refractivity contribution in [1.82, 2.24) is 0 Å². The molecule has 0 N–H and O–H groups in total. The van der Waals surface area contributed by atoms with Gasteiger partial charge in [0.05, 0.1) is 6.26 Å². The number of carbonyl (C=O) groups excluding carboxylic acids is 1. The van der Waals surface area contributed by atoms with Gasteiger partial charge in [-0.1, -0.05) is 12.1 Å². The molecule has 0 unspecified atom stereocenters. The molecule has 0 bridgehead atoms. The van der Waals surface area contributed by atoms with Gasteiger partial charge in [0.15, 0.2) is 11.5 Å². The van der Waals surface area contributed by atoms with Crippen molar-refractivity contribution in [3.63, 3.8) is 0 Å². The highest BCUT2D eigenvalue weighted by atomic mass is 16.7. The number of esters is 1. The maximum absolute atomic E-state index is 10.5. The van der Waals surface area contributed by atoms with Gasteiger partial charge in [0.2, 0.25) is 6.79 Å². The number of carbonyl (C=O) groups is 1. The first-order valence-electron chi connectivity index (χ1n) is 4.97. The van der Waals surface area contributed by atoms with Gasteiger partial charge in [-0.05, 0) is 18.6 Å². The summed E-state index contributed by atoms with van der Waals surface area (Å²) in [6, 6.07) is 5.72. The van der Waals surface area contributed by atoms with E-state index in [1.165, 1.54) is 13.2 Å². The van der Waals surface area contributed by atoms with Gasteiger partial charge in [0.25, 0.3) is 0 Å². The third-order valence-corrected chi connectivity index (χ3v) is 2.15. The summed E-state index contributed by atoms with van der Waals surface area (Å²) in [4.78, 5) is 10.5. The van der Waals surface area contributed by atoms with Crippen LogP contribution >= 0.6 is 0 Å². The van der Waals surface area contributed by atoms with E-state index in [9.17, 15) is 4.79 Å². The molecule has 0 atom stereocenters. The average molecular weight is 220 g/mol. The Morgan fingerprint density at radius 3 is 3.19 bits per heavy atom. The van der Waals surface area contributed by atoms with Crippen molar-refractivity contribution in [2.75, 3.05) is 6.79 Å². The van der Waals surface area contributed by atoms with Crippen molar-refractivity contribution < 1.29 is 19.0 Å². The molecule has 0 amide bonds. The lowest BCUT2D eigenvalue weighted by molar-refractivity contribution is -0.135. The Morgan fingerprint density at radius 2 is 2.38 bits per heavy atom. The van der Waals surface area contributed by atoms with Crippen LogP contribution in [0.5, 0.6) is 11.5 Å². The Kier molecular flexibility index (Phi) is 3.10. The molecule has 1 aromatic carbocycles. The first-order chi connectivity index (χ1) is 7.77. The van der Waals surface area contributed by atoms with Gasteiger partial charge < -0.3 is 14.2 Å². The average Bonchev–Trinajstić information content (AvgIpc) is 2.72. The zero-order chi connectivity index (χ0) is 11.4. The summed E-state index contributed by atoms with van der Waals surface area (Å²) >= 11 is 0. The maximum atomic E-state index is 10.5. The van der Waals surface area contributed by atoms with Gasteiger partial charge in [0.1, 0.15) is 0 Å². The SMILES string of the molecule is CC(=O)O/C=C/Cc1cccc2c1OCO2. The minimum Gasteiger partial charge on any atom is -0.454 e. The molecule has 1 aliphatic rings. The van der Waals surface area contributed by atoms with E-state index < -0.39 is 0 Å². The van der Waals surface area contributed by atoms with Crippen LogP contribution in [-0.2, 0) is 16.0 Å². The van der Waals surface area contributed by atoms with Crippen molar-refractivity contribution in [3.05, 3.63) is 36.1 Å². The van der Waals surface area contributed by atoms with E-state index in [0.29, 0.717) is 6.42 Å². The molecule has 0 aliphatic carbocycles. The van der Waals surface area contributed by atoms with Crippen LogP contribution in [0.4, 0.5) is 0 Å². The lowest BCUT2D eigenvalue weighted by atomic mass is 10.1. The minimum atomic E-state index is -0.325. The van der Waals surface area contributed by atoms with E-state index in [-0.39, 0.29) is 12.8 Å². The predicted octanol–water partition coefficient (Wildman–Crippen LogP) is 2.03. The normalized spacial score (nSPS) is 13.1. The summed E-state index contributed by atoms with van der Waals surface area (Å²) in [6.07, 6.45) is 3.79. The summed E-state index contributed by atoms with van der Waals surface area (Å²) in [6.45, 7) is 1.63. The Morgan fingerprint density at radius 1 is 1.50 bits per heavy atom. The summed E-state index contributed by atoms with van der Waals surface area (Å²) < 4.78 is 15.3. The molecule has 1 heterocycles. The summed E-state index contributed by atoms with van der Waals surface area (Å²) in [7, 11) is 0. The highest BCUT2D eigenvalue weighted by molar-refractivity contribution is 5.66. The molecule has 4 heteroatoms. The predicted molar refractivity (Wildman–Crippen MR) is 57.2 cm³/mol. The smallest absolute Gasteiger partial charge is 0.307 e. The molecule has 0 aromatic heterocycles. The first-order valence-corrected chi connectivity index (χ1v) is 4.97. The Balaban J connectivity index is 2.02. The second-order valence-corrected chi connectivity index (χ2v) is 3.34. The van der Waals surface area contributed by atoms with Crippen LogP contribution in [0.2, 0.25) is 0 Å². The summed E-state index contributed by atoms with van der Waals surface area (Å²) in [5.74, 6) is 1.21. The van der Waals surface area contributed by atoms with Gasteiger partial charge >= 0.3 is 5.97 Å². The third kappa shape index (κ3) is 2.34. The fourth-order valence-corrected chi connectivity index (χ4v) is 1.47. The number of fused-ring (bicyclic) bond motifs is 1. The molecule has 0 radical (unpaired) electrons. The van der Waals surface area contributed by atoms with E-state index in [1.807, 2.05) is 18.2 Å². The molecule has 4 nitrogen and oxygen atoms in total. The van der Waals surface area contributed by atoms with E-state index >= 15 is 0 Å². The summed E-state index contributed by atoms with van der Waals surface area (Å²) in [5, 5.41) is 0. The van der Waals surface area contributed by atoms with Crippen LogP contribution in [0.1, 0.15) is 12.5 Å². The molecule has 1 aliphatic heterocycles. The molecule has 1 aromatic rings. The van der Waals surface area contributed by atoms with Crippen LogP contribution in [0.3, 0.4) is 0 Å². The maximum Gasteiger partial charge on any atom is 0.307 e. The van der Waals surface area contributed by atoms with Gasteiger partial charge in [-0.2, -0.15) is 0 Å². The molecule has 0 fully saturated rings. The lowest BCUT2D eigenvalue weighted by Crippen LogP contribution is -1.94. The number of hydrogen-bond acceptors (Lipinski definition) is 4. The van der Waals surface area contributed by atoms with Crippen LogP contribution in [0, 0.1) is 0 Å². The van der Waals surface area contributed by atoms with Crippen molar-refractivity contribution in [3.8, 4) is 11.5 Å². The number of hydrogen-bond donors (Lipinski definition) is 0. The van der Waals surface area contributed by atoms with Crippen molar-refractivity contribution in [1.29, 1.82) is 0 Å². The van der Waals surface area contributed by atoms with Crippen LogP contribution in [0.15, 0.2) is 30.5 Å². The number of ether oxygens (including phenoxy) is 3. The molecule has 0 saturated heterocycles. The Labute approximate surface area is 93.4 Å². The topological polar surface area (TPSA) is 44.8 Å². The number of para-hydroxylation sites is 1. The van der Waals surface area contributed by atoms with Gasteiger partial charge in [-0.15, -0.1) is 0 Å². The van der Waals surface area contributed by atoms with Crippen LogP contribution in [-0.4, -0.2) is 12.8 Å². The largest absolute Gasteiger partial charge is 0.454 e. The van der Waals surface area contributed by atoms with Gasteiger partial charge in [0, 0.05) is 12.5 Å². The highest BCUT2D eigenvalue weighted by Gasteiger charge is 2.15. The Bertz CT molecular complexity index is 423. The minimum absolute atomic E-state index is 0.264. The molecule has 84 valence electrons. The van der Waals surface area contributed by atoms with E-state index in [2.05, 4.69) is 0 Å². The Hall–Kier alpha value is -1.97. The molecular weight excluding hydrogens is 208 g/mol. The molecular formula is C12H12O4. The molecule has 0 spiro atoms. The van der Waals surface area contributed by atoms with Crippen LogP contribution in [0.25, 0.3) is 0 Å². The standard InChI is InChI=1S/C12H12O4/c1-9(13)14-7-3-5-10-4-2-6-11-12(10)16-8-15-11/h2-4,6-7H,5,8H2,1H3/b7-3+. The van der Waals surface area contributed by atoms with Crippen LogP contribution < -0.4 is 9.47 Å². The van der Waals surface area contributed by atoms with Gasteiger partial charge in [-0.3, -0.25) is 4.79 Å². The fourth-order valence-electron chi connectivity index (χ4n) is 1.47. The van der Waals surface area contributed by atoms with E-state index in [1.54, 1.807) is 6.08 Å². The van der Waals surface area contributed by atoms with Crippen molar-refractivity contribution in [2.24, 2.45) is 0 Å². The summed E-state index contributed by atoms with van der Waals surface area (Å²) in [5.41, 5.74) is 1.01.